The van der Waals surface area contributed by atoms with Crippen LogP contribution >= 0.6 is 0 Å². The Balaban J connectivity index is 1.67. The fourth-order valence-corrected chi connectivity index (χ4v) is 3.85. The Kier molecular flexibility index (Phi) is 5.42. The second-order valence-electron chi connectivity index (χ2n) is 7.22. The number of ether oxygens (including phenoxy) is 1. The molecule has 0 aliphatic heterocycles. The van der Waals surface area contributed by atoms with E-state index >= 15 is 0 Å². The van der Waals surface area contributed by atoms with Crippen LogP contribution in [0.3, 0.4) is 0 Å². The van der Waals surface area contributed by atoms with Crippen molar-refractivity contribution in [1.82, 2.24) is 10.3 Å². The number of aromatic nitrogens is 1. The third-order valence-corrected chi connectivity index (χ3v) is 5.33. The predicted octanol–water partition coefficient (Wildman–Crippen LogP) is 4.46. The highest BCUT2D eigenvalue weighted by Gasteiger charge is 2.26. The van der Waals surface area contributed by atoms with Crippen LogP contribution in [0.25, 0.3) is 10.9 Å². The molecule has 3 aromatic rings. The fourth-order valence-electron chi connectivity index (χ4n) is 3.85. The molecule has 1 aromatic heterocycles. The summed E-state index contributed by atoms with van der Waals surface area (Å²) in [6.07, 6.45) is 6.23. The van der Waals surface area contributed by atoms with Crippen molar-refractivity contribution in [2.24, 2.45) is 0 Å². The number of carbonyl (C=O) groups excluding carboxylic acids is 1. The van der Waals surface area contributed by atoms with E-state index < -0.39 is 6.04 Å². The zero-order valence-corrected chi connectivity index (χ0v) is 16.0. The number of rotatable bonds is 6. The van der Waals surface area contributed by atoms with Gasteiger partial charge in [0.05, 0.1) is 18.3 Å². The lowest BCUT2D eigenvalue weighted by molar-refractivity contribution is -0.122. The van der Waals surface area contributed by atoms with Crippen molar-refractivity contribution in [2.75, 3.05) is 12.4 Å². The highest BCUT2D eigenvalue weighted by molar-refractivity contribution is 5.89. The summed E-state index contributed by atoms with van der Waals surface area (Å²) in [4.78, 5) is 17.6. The molecule has 1 aliphatic carbocycles. The molecule has 0 radical (unpaired) electrons. The van der Waals surface area contributed by atoms with Gasteiger partial charge < -0.3 is 15.4 Å². The molecule has 0 saturated heterocycles. The van der Waals surface area contributed by atoms with Gasteiger partial charge in [-0.1, -0.05) is 37.1 Å². The van der Waals surface area contributed by atoms with E-state index in [0.717, 1.165) is 35.0 Å². The molecule has 1 aliphatic rings. The van der Waals surface area contributed by atoms with Gasteiger partial charge in [0.1, 0.15) is 11.8 Å². The van der Waals surface area contributed by atoms with Gasteiger partial charge in [0.15, 0.2) is 0 Å². The van der Waals surface area contributed by atoms with E-state index in [1.807, 2.05) is 54.6 Å². The monoisotopic (exact) mass is 375 g/mol. The molecule has 28 heavy (non-hydrogen) atoms. The number of hydrogen-bond donors (Lipinski definition) is 2. The third kappa shape index (κ3) is 3.93. The number of fused-ring (bicyclic) bond motifs is 1. The second-order valence-corrected chi connectivity index (χ2v) is 7.22. The minimum absolute atomic E-state index is 0.0129. The van der Waals surface area contributed by atoms with E-state index in [2.05, 4.69) is 15.6 Å². The van der Waals surface area contributed by atoms with Crippen LogP contribution in [0.4, 0.5) is 5.69 Å². The van der Waals surface area contributed by atoms with Crippen molar-refractivity contribution >= 4 is 22.5 Å². The van der Waals surface area contributed by atoms with E-state index in [-0.39, 0.29) is 11.9 Å². The first-order chi connectivity index (χ1) is 13.7. The van der Waals surface area contributed by atoms with Crippen molar-refractivity contribution in [3.05, 3.63) is 66.4 Å². The summed E-state index contributed by atoms with van der Waals surface area (Å²) in [7, 11) is 1.63. The molecule has 1 heterocycles. The van der Waals surface area contributed by atoms with Crippen molar-refractivity contribution in [3.8, 4) is 5.75 Å². The maximum absolute atomic E-state index is 13.2. The number of amides is 1. The average Bonchev–Trinajstić information content (AvgIpc) is 3.25. The molecule has 0 spiro atoms. The van der Waals surface area contributed by atoms with Crippen LogP contribution in [-0.4, -0.2) is 24.0 Å². The quantitative estimate of drug-likeness (QED) is 0.668. The lowest BCUT2D eigenvalue weighted by atomic mass is 10.0. The summed E-state index contributed by atoms with van der Waals surface area (Å²) in [6.45, 7) is 0. The molecule has 1 fully saturated rings. The van der Waals surface area contributed by atoms with Crippen LogP contribution in [0.15, 0.2) is 60.8 Å². The minimum Gasteiger partial charge on any atom is -0.495 e. The number of pyridine rings is 1. The first kappa shape index (κ1) is 18.3. The fraction of sp³-hybridized carbons (Fsp3) is 0.304. The smallest absolute Gasteiger partial charge is 0.247 e. The Morgan fingerprint density at radius 1 is 1.11 bits per heavy atom. The summed E-state index contributed by atoms with van der Waals surface area (Å²) in [5.41, 5.74) is 2.61. The van der Waals surface area contributed by atoms with Crippen LogP contribution in [0.5, 0.6) is 5.75 Å². The van der Waals surface area contributed by atoms with Gasteiger partial charge in [0.25, 0.3) is 0 Å². The lowest BCUT2D eigenvalue weighted by Crippen LogP contribution is -2.39. The standard InChI is InChI=1S/C23H25N3O2/c1-28-21-11-5-4-10-20(21)26-22(23(27)25-18-8-2-3-9-18)17-12-13-19-16(15-17)7-6-14-24-19/h4-7,10-15,18,22,26H,2-3,8-9H2,1H3,(H,25,27)/t22-/m0/s1. The summed E-state index contributed by atoms with van der Waals surface area (Å²) in [5.74, 6) is 0.699. The number of methoxy groups -OCH3 is 1. The Morgan fingerprint density at radius 2 is 1.93 bits per heavy atom. The van der Waals surface area contributed by atoms with Crippen LogP contribution in [-0.2, 0) is 4.79 Å². The summed E-state index contributed by atoms with van der Waals surface area (Å²) in [6, 6.07) is 17.3. The Labute approximate surface area is 165 Å². The Bertz CT molecular complexity index is 967. The number of nitrogens with one attached hydrogen (secondary N) is 2. The molecule has 0 bridgehead atoms. The summed E-state index contributed by atoms with van der Waals surface area (Å²) < 4.78 is 5.46. The van der Waals surface area contributed by atoms with Crippen molar-refractivity contribution in [2.45, 2.75) is 37.8 Å². The van der Waals surface area contributed by atoms with Gasteiger partial charge in [0.2, 0.25) is 5.91 Å². The number of para-hydroxylation sites is 2. The van der Waals surface area contributed by atoms with Gasteiger partial charge in [-0.2, -0.15) is 0 Å². The Morgan fingerprint density at radius 3 is 2.75 bits per heavy atom. The first-order valence-electron chi connectivity index (χ1n) is 9.79. The molecule has 2 aromatic carbocycles. The van der Waals surface area contributed by atoms with Gasteiger partial charge >= 0.3 is 0 Å². The van der Waals surface area contributed by atoms with Gasteiger partial charge in [-0.05, 0) is 48.7 Å². The predicted molar refractivity (Wildman–Crippen MR) is 111 cm³/mol. The van der Waals surface area contributed by atoms with E-state index in [4.69, 9.17) is 4.74 Å². The molecule has 1 amide bonds. The van der Waals surface area contributed by atoms with E-state index in [1.165, 1.54) is 12.8 Å². The van der Waals surface area contributed by atoms with Gasteiger partial charge in [-0.15, -0.1) is 0 Å². The van der Waals surface area contributed by atoms with Gasteiger partial charge in [-0.3, -0.25) is 9.78 Å². The number of benzene rings is 2. The van der Waals surface area contributed by atoms with E-state index in [0.29, 0.717) is 5.75 Å². The lowest BCUT2D eigenvalue weighted by Gasteiger charge is -2.23. The van der Waals surface area contributed by atoms with Crippen LogP contribution in [0, 0.1) is 0 Å². The molecule has 4 rings (SSSR count). The van der Waals surface area contributed by atoms with Gasteiger partial charge in [0, 0.05) is 17.6 Å². The van der Waals surface area contributed by atoms with E-state index in [9.17, 15) is 4.79 Å². The molecule has 2 N–H and O–H groups in total. The number of carbonyl (C=O) groups is 1. The van der Waals surface area contributed by atoms with Gasteiger partial charge in [-0.25, -0.2) is 0 Å². The normalized spacial score (nSPS) is 15.3. The summed E-state index contributed by atoms with van der Waals surface area (Å²) in [5, 5.41) is 7.64. The van der Waals surface area contributed by atoms with Crippen molar-refractivity contribution in [3.63, 3.8) is 0 Å². The molecule has 1 atom stereocenters. The maximum Gasteiger partial charge on any atom is 0.247 e. The minimum atomic E-state index is -0.512. The third-order valence-electron chi connectivity index (χ3n) is 5.33. The molecule has 5 heteroatoms. The highest BCUT2D eigenvalue weighted by Crippen LogP contribution is 2.30. The number of anilines is 1. The zero-order valence-electron chi connectivity index (χ0n) is 16.0. The highest BCUT2D eigenvalue weighted by atomic mass is 16.5. The summed E-state index contributed by atoms with van der Waals surface area (Å²) >= 11 is 0. The number of nitrogens with zero attached hydrogens (tertiary/aromatic N) is 1. The molecular formula is C23H25N3O2. The maximum atomic E-state index is 13.2. The molecule has 144 valence electrons. The topological polar surface area (TPSA) is 63.2 Å². The van der Waals surface area contributed by atoms with Crippen LogP contribution < -0.4 is 15.4 Å². The Hall–Kier alpha value is -3.08. The van der Waals surface area contributed by atoms with Crippen molar-refractivity contribution < 1.29 is 9.53 Å². The molecule has 0 unspecified atom stereocenters. The SMILES string of the molecule is COc1ccccc1N[C@H](C(=O)NC1CCCC1)c1ccc2ncccc2c1. The molecular weight excluding hydrogens is 350 g/mol. The first-order valence-corrected chi connectivity index (χ1v) is 9.79. The number of hydrogen-bond acceptors (Lipinski definition) is 4. The zero-order chi connectivity index (χ0) is 19.3. The largest absolute Gasteiger partial charge is 0.495 e. The molecule has 1 saturated carbocycles. The van der Waals surface area contributed by atoms with E-state index in [1.54, 1.807) is 13.3 Å². The second kappa shape index (κ2) is 8.30. The molecule has 5 nitrogen and oxygen atoms in total. The van der Waals surface area contributed by atoms with Crippen LogP contribution in [0.2, 0.25) is 0 Å². The average molecular weight is 375 g/mol. The van der Waals surface area contributed by atoms with Crippen molar-refractivity contribution in [1.29, 1.82) is 0 Å². The van der Waals surface area contributed by atoms with Crippen LogP contribution in [0.1, 0.15) is 37.3 Å².